The second kappa shape index (κ2) is 8.94. The fourth-order valence-electron chi connectivity index (χ4n) is 2.99. The number of hydrogen-bond donors (Lipinski definition) is 3. The van der Waals surface area contributed by atoms with Gasteiger partial charge >= 0.3 is 6.03 Å². The number of nitrogens with zero attached hydrogens (tertiary/aromatic N) is 2. The molecule has 2 aromatic rings. The summed E-state index contributed by atoms with van der Waals surface area (Å²) in [5.74, 6) is 0.0259. The van der Waals surface area contributed by atoms with Crippen molar-refractivity contribution in [1.29, 1.82) is 0 Å². The fourth-order valence-corrected chi connectivity index (χ4v) is 3.73. The van der Waals surface area contributed by atoms with Crippen molar-refractivity contribution in [3.8, 4) is 0 Å². The molecule has 8 heteroatoms. The first kappa shape index (κ1) is 19.3. The minimum Gasteiger partial charge on any atom is -0.335 e. The van der Waals surface area contributed by atoms with Crippen molar-refractivity contribution in [3.05, 3.63) is 34.8 Å². The first-order chi connectivity index (χ1) is 13.0. The lowest BCUT2D eigenvalue weighted by atomic mass is 9.96. The molecule has 0 atom stereocenters. The Balaban J connectivity index is 1.52. The molecule has 3 amide bonds. The molecule has 0 radical (unpaired) electrons. The molecule has 3 rings (SSSR count). The first-order valence-electron chi connectivity index (χ1n) is 9.33. The number of urea groups is 1. The van der Waals surface area contributed by atoms with Crippen LogP contribution in [-0.2, 0) is 0 Å². The molecule has 7 nitrogen and oxygen atoms in total. The van der Waals surface area contributed by atoms with E-state index in [9.17, 15) is 9.59 Å². The SMILES string of the molecule is CC(C)c1nnc(NC(=O)c2ccc(NC(=O)NC3CCCCC3)cc2)s1. The van der Waals surface area contributed by atoms with Crippen molar-refractivity contribution in [3.63, 3.8) is 0 Å². The van der Waals surface area contributed by atoms with Crippen molar-refractivity contribution in [1.82, 2.24) is 15.5 Å². The van der Waals surface area contributed by atoms with Crippen LogP contribution in [0.25, 0.3) is 0 Å². The maximum absolute atomic E-state index is 12.3. The average molecular weight is 388 g/mol. The van der Waals surface area contributed by atoms with E-state index in [1.807, 2.05) is 13.8 Å². The predicted octanol–water partition coefficient (Wildman–Crippen LogP) is 4.37. The molecule has 1 aromatic carbocycles. The van der Waals surface area contributed by atoms with Crippen LogP contribution in [0, 0.1) is 0 Å². The van der Waals surface area contributed by atoms with Crippen LogP contribution < -0.4 is 16.0 Å². The van der Waals surface area contributed by atoms with Crippen molar-refractivity contribution < 1.29 is 9.59 Å². The molecular weight excluding hydrogens is 362 g/mol. The van der Waals surface area contributed by atoms with Gasteiger partial charge in [-0.25, -0.2) is 4.79 Å². The summed E-state index contributed by atoms with van der Waals surface area (Å²) in [6, 6.07) is 6.84. The molecule has 0 bridgehead atoms. The van der Waals surface area contributed by atoms with E-state index in [4.69, 9.17) is 0 Å². The molecule has 1 aromatic heterocycles. The molecule has 1 fully saturated rings. The molecule has 0 aliphatic heterocycles. The van der Waals surface area contributed by atoms with Gasteiger partial charge in [-0.1, -0.05) is 44.4 Å². The van der Waals surface area contributed by atoms with Crippen LogP contribution in [0.3, 0.4) is 0 Å². The standard InChI is InChI=1S/C19H25N5O2S/c1-12(2)17-23-24-19(27-17)22-16(25)13-8-10-15(11-9-13)21-18(26)20-14-6-4-3-5-7-14/h8-12,14H,3-7H2,1-2H3,(H2,20,21,26)(H,22,24,25). The zero-order valence-electron chi connectivity index (χ0n) is 15.6. The van der Waals surface area contributed by atoms with Crippen LogP contribution in [0.2, 0.25) is 0 Å². The van der Waals surface area contributed by atoms with Gasteiger partial charge in [-0.15, -0.1) is 10.2 Å². The number of nitrogens with one attached hydrogen (secondary N) is 3. The lowest BCUT2D eigenvalue weighted by molar-refractivity contribution is 0.102. The molecule has 0 unspecified atom stereocenters. The molecule has 3 N–H and O–H groups in total. The molecular formula is C19H25N5O2S. The zero-order chi connectivity index (χ0) is 19.2. The molecule has 1 saturated carbocycles. The van der Waals surface area contributed by atoms with Gasteiger partial charge in [0.25, 0.3) is 5.91 Å². The fraction of sp³-hybridized carbons (Fsp3) is 0.474. The molecule has 1 aliphatic rings. The summed E-state index contributed by atoms with van der Waals surface area (Å²) >= 11 is 1.37. The molecule has 0 spiro atoms. The predicted molar refractivity (Wildman–Crippen MR) is 107 cm³/mol. The van der Waals surface area contributed by atoms with E-state index in [0.717, 1.165) is 17.8 Å². The maximum atomic E-state index is 12.3. The highest BCUT2D eigenvalue weighted by molar-refractivity contribution is 7.15. The number of amides is 3. The van der Waals surface area contributed by atoms with Crippen LogP contribution in [0.1, 0.15) is 67.2 Å². The molecule has 144 valence electrons. The minimum absolute atomic E-state index is 0.200. The smallest absolute Gasteiger partial charge is 0.319 e. The summed E-state index contributed by atoms with van der Waals surface area (Å²) in [4.78, 5) is 24.4. The maximum Gasteiger partial charge on any atom is 0.319 e. The highest BCUT2D eigenvalue weighted by Gasteiger charge is 2.16. The second-order valence-corrected chi connectivity index (χ2v) is 8.07. The molecule has 0 saturated heterocycles. The third kappa shape index (κ3) is 5.50. The Morgan fingerprint density at radius 3 is 2.37 bits per heavy atom. The normalized spacial score (nSPS) is 14.8. The topological polar surface area (TPSA) is 96.0 Å². The van der Waals surface area contributed by atoms with Gasteiger partial charge in [0, 0.05) is 23.2 Å². The Hall–Kier alpha value is -2.48. The van der Waals surface area contributed by atoms with E-state index in [2.05, 4.69) is 26.1 Å². The van der Waals surface area contributed by atoms with E-state index in [0.29, 0.717) is 16.4 Å². The largest absolute Gasteiger partial charge is 0.335 e. The van der Waals surface area contributed by atoms with Crippen molar-refractivity contribution in [2.24, 2.45) is 0 Å². The zero-order valence-corrected chi connectivity index (χ0v) is 16.4. The van der Waals surface area contributed by atoms with E-state index >= 15 is 0 Å². The molecule has 27 heavy (non-hydrogen) atoms. The highest BCUT2D eigenvalue weighted by Crippen LogP contribution is 2.23. The number of benzene rings is 1. The Kier molecular flexibility index (Phi) is 6.39. The molecule has 1 aliphatic carbocycles. The Labute approximate surface area is 163 Å². The van der Waals surface area contributed by atoms with E-state index in [1.54, 1.807) is 24.3 Å². The summed E-state index contributed by atoms with van der Waals surface area (Å²) < 4.78 is 0. The van der Waals surface area contributed by atoms with Gasteiger partial charge in [0.05, 0.1) is 0 Å². The van der Waals surface area contributed by atoms with Gasteiger partial charge in [-0.2, -0.15) is 0 Å². The molecule has 1 heterocycles. The summed E-state index contributed by atoms with van der Waals surface area (Å²) in [6.07, 6.45) is 5.66. The Morgan fingerprint density at radius 1 is 1.04 bits per heavy atom. The Bertz CT molecular complexity index is 782. The summed E-state index contributed by atoms with van der Waals surface area (Å²) in [5.41, 5.74) is 1.15. The quantitative estimate of drug-likeness (QED) is 0.710. The van der Waals surface area contributed by atoms with E-state index in [1.165, 1.54) is 30.6 Å². The van der Waals surface area contributed by atoms with Crippen molar-refractivity contribution in [2.45, 2.75) is 57.9 Å². The van der Waals surface area contributed by atoms with Gasteiger partial charge in [0.15, 0.2) is 0 Å². The van der Waals surface area contributed by atoms with Crippen LogP contribution in [0.4, 0.5) is 15.6 Å². The van der Waals surface area contributed by atoms with E-state index in [-0.39, 0.29) is 23.9 Å². The summed E-state index contributed by atoms with van der Waals surface area (Å²) in [5, 5.41) is 18.0. The third-order valence-corrected chi connectivity index (χ3v) is 5.64. The lowest BCUT2D eigenvalue weighted by Gasteiger charge is -2.22. The van der Waals surface area contributed by atoms with Crippen molar-refractivity contribution in [2.75, 3.05) is 10.6 Å². The number of aromatic nitrogens is 2. The van der Waals surface area contributed by atoms with Crippen LogP contribution in [0.15, 0.2) is 24.3 Å². The van der Waals surface area contributed by atoms with E-state index < -0.39 is 0 Å². The van der Waals surface area contributed by atoms with Crippen molar-refractivity contribution >= 4 is 34.1 Å². The van der Waals surface area contributed by atoms with Crippen LogP contribution in [-0.4, -0.2) is 28.2 Å². The van der Waals surface area contributed by atoms with Gasteiger partial charge in [0.2, 0.25) is 5.13 Å². The highest BCUT2D eigenvalue weighted by atomic mass is 32.1. The van der Waals surface area contributed by atoms with Gasteiger partial charge in [-0.05, 0) is 37.1 Å². The van der Waals surface area contributed by atoms with Crippen LogP contribution >= 0.6 is 11.3 Å². The van der Waals surface area contributed by atoms with Gasteiger partial charge in [-0.3, -0.25) is 10.1 Å². The number of carbonyl (C=O) groups excluding carboxylic acids is 2. The Morgan fingerprint density at radius 2 is 1.74 bits per heavy atom. The number of carbonyl (C=O) groups is 2. The monoisotopic (exact) mass is 387 g/mol. The van der Waals surface area contributed by atoms with Gasteiger partial charge in [0.1, 0.15) is 5.01 Å². The van der Waals surface area contributed by atoms with Gasteiger partial charge < -0.3 is 10.6 Å². The second-order valence-electron chi connectivity index (χ2n) is 7.07. The third-order valence-electron chi connectivity index (χ3n) is 4.50. The minimum atomic E-state index is -0.250. The first-order valence-corrected chi connectivity index (χ1v) is 10.2. The number of rotatable bonds is 5. The summed E-state index contributed by atoms with van der Waals surface area (Å²) in [7, 11) is 0. The van der Waals surface area contributed by atoms with Crippen LogP contribution in [0.5, 0.6) is 0 Å². The number of anilines is 2. The summed E-state index contributed by atoms with van der Waals surface area (Å²) in [6.45, 7) is 4.06. The number of hydrogen-bond acceptors (Lipinski definition) is 5. The average Bonchev–Trinajstić information content (AvgIpc) is 3.12. The lowest BCUT2D eigenvalue weighted by Crippen LogP contribution is -2.39.